The molecule has 2 aliphatic heterocycles. The first-order valence-electron chi connectivity index (χ1n) is 11.6. The molecule has 10 heteroatoms. The third-order valence-electron chi connectivity index (χ3n) is 6.40. The van der Waals surface area contributed by atoms with Gasteiger partial charge < -0.3 is 20.4 Å². The number of amides is 4. The third kappa shape index (κ3) is 4.57. The Morgan fingerprint density at radius 3 is 2.91 bits per heavy atom. The van der Waals surface area contributed by atoms with Crippen molar-refractivity contribution in [3.8, 4) is 0 Å². The topological polar surface area (TPSA) is 123 Å². The lowest BCUT2D eigenvalue weighted by Crippen LogP contribution is -2.39. The number of carbonyl (C=O) groups is 3. The highest BCUT2D eigenvalue weighted by Crippen LogP contribution is 2.25. The molecule has 0 atom stereocenters. The van der Waals surface area contributed by atoms with Gasteiger partial charge in [0.15, 0.2) is 5.65 Å². The first-order valence-corrected chi connectivity index (χ1v) is 11.6. The van der Waals surface area contributed by atoms with E-state index in [1.807, 2.05) is 4.90 Å². The molecule has 0 bridgehead atoms. The monoisotopic (exact) mass is 461 g/mol. The second-order valence-electron chi connectivity index (χ2n) is 8.67. The third-order valence-corrected chi connectivity index (χ3v) is 6.40. The minimum atomic E-state index is -0.217. The van der Waals surface area contributed by atoms with Crippen molar-refractivity contribution in [3.05, 3.63) is 53.3 Å². The van der Waals surface area contributed by atoms with Gasteiger partial charge in [-0.05, 0) is 48.6 Å². The van der Waals surface area contributed by atoms with Crippen molar-refractivity contribution in [1.82, 2.24) is 30.3 Å². The second kappa shape index (κ2) is 9.50. The quantitative estimate of drug-likeness (QED) is 0.486. The molecule has 1 saturated heterocycles. The minimum absolute atomic E-state index is 0.193. The molecule has 0 spiro atoms. The fourth-order valence-electron chi connectivity index (χ4n) is 4.58. The van der Waals surface area contributed by atoms with E-state index in [0.29, 0.717) is 50.3 Å². The Bertz CT molecular complexity index is 1240. The predicted molar refractivity (Wildman–Crippen MR) is 126 cm³/mol. The van der Waals surface area contributed by atoms with Crippen LogP contribution in [0.3, 0.4) is 0 Å². The van der Waals surface area contributed by atoms with E-state index in [4.69, 9.17) is 0 Å². The molecule has 1 fully saturated rings. The van der Waals surface area contributed by atoms with Crippen LogP contribution in [-0.4, -0.2) is 69.0 Å². The van der Waals surface area contributed by atoms with Crippen LogP contribution in [0.5, 0.6) is 0 Å². The molecule has 3 aromatic rings. The molecule has 1 aromatic carbocycles. The van der Waals surface area contributed by atoms with Crippen molar-refractivity contribution in [2.24, 2.45) is 0 Å². The van der Waals surface area contributed by atoms with E-state index in [1.54, 1.807) is 41.6 Å². The Morgan fingerprint density at radius 1 is 1.15 bits per heavy atom. The van der Waals surface area contributed by atoms with Crippen LogP contribution in [0.1, 0.15) is 40.7 Å². The van der Waals surface area contributed by atoms with E-state index in [0.717, 1.165) is 36.0 Å². The van der Waals surface area contributed by atoms with Gasteiger partial charge in [0.1, 0.15) is 0 Å². The van der Waals surface area contributed by atoms with E-state index in [9.17, 15) is 14.4 Å². The summed E-state index contributed by atoms with van der Waals surface area (Å²) in [6.07, 6.45) is 6.55. The van der Waals surface area contributed by atoms with Gasteiger partial charge in [0, 0.05) is 62.0 Å². The van der Waals surface area contributed by atoms with Gasteiger partial charge in [-0.3, -0.25) is 14.7 Å². The molecule has 3 N–H and O–H groups in total. The zero-order valence-electron chi connectivity index (χ0n) is 18.8. The van der Waals surface area contributed by atoms with Gasteiger partial charge in [-0.2, -0.15) is 5.10 Å². The molecule has 5 rings (SSSR count). The van der Waals surface area contributed by atoms with Gasteiger partial charge in [-0.25, -0.2) is 9.78 Å². The SMILES string of the molecule is O=C(NCCCN1CCCC1=O)c1cccc(NC(=O)N2CCc3c(cnc4[nH]ncc34)C2)c1. The molecule has 0 aliphatic carbocycles. The van der Waals surface area contributed by atoms with Crippen molar-refractivity contribution in [2.45, 2.75) is 32.2 Å². The van der Waals surface area contributed by atoms with Gasteiger partial charge in [0.2, 0.25) is 5.91 Å². The number of nitrogens with zero attached hydrogens (tertiary/aromatic N) is 4. The number of hydrogen-bond donors (Lipinski definition) is 3. The number of rotatable bonds is 6. The van der Waals surface area contributed by atoms with E-state index in [-0.39, 0.29) is 17.8 Å². The molecular weight excluding hydrogens is 434 g/mol. The zero-order chi connectivity index (χ0) is 23.5. The number of aromatic nitrogens is 3. The van der Waals surface area contributed by atoms with E-state index >= 15 is 0 Å². The number of pyridine rings is 1. The maximum atomic E-state index is 12.9. The smallest absolute Gasteiger partial charge is 0.322 e. The largest absolute Gasteiger partial charge is 0.352 e. The van der Waals surface area contributed by atoms with Crippen molar-refractivity contribution < 1.29 is 14.4 Å². The number of likely N-dealkylation sites (tertiary alicyclic amines) is 1. The molecule has 176 valence electrons. The van der Waals surface area contributed by atoms with Crippen molar-refractivity contribution in [1.29, 1.82) is 0 Å². The average Bonchev–Trinajstić information content (AvgIpc) is 3.50. The van der Waals surface area contributed by atoms with Gasteiger partial charge in [-0.1, -0.05) is 6.07 Å². The summed E-state index contributed by atoms with van der Waals surface area (Å²) >= 11 is 0. The highest BCUT2D eigenvalue weighted by molar-refractivity contribution is 5.97. The van der Waals surface area contributed by atoms with E-state index in [2.05, 4.69) is 25.8 Å². The summed E-state index contributed by atoms with van der Waals surface area (Å²) in [6.45, 7) is 3.01. The maximum Gasteiger partial charge on any atom is 0.322 e. The lowest BCUT2D eigenvalue weighted by molar-refractivity contribution is -0.127. The first-order chi connectivity index (χ1) is 16.6. The lowest BCUT2D eigenvalue weighted by atomic mass is 9.99. The average molecular weight is 462 g/mol. The molecule has 0 saturated carbocycles. The Morgan fingerprint density at radius 2 is 2.06 bits per heavy atom. The summed E-state index contributed by atoms with van der Waals surface area (Å²) in [5.41, 5.74) is 3.99. The molecular formula is C24H27N7O3. The van der Waals surface area contributed by atoms with E-state index in [1.165, 1.54) is 5.56 Å². The summed E-state index contributed by atoms with van der Waals surface area (Å²) in [5.74, 6) is -0.0102. The standard InChI is InChI=1S/C24H27N7O3/c32-21-6-2-9-30(21)10-3-8-25-23(33)16-4-1-5-18(12-16)28-24(34)31-11-7-19-17(15-31)13-26-22-20(19)14-27-29-22/h1,4-5,12-14H,2-3,6-11,15H2,(H,25,33)(H,28,34)(H,26,27,29). The Kier molecular flexibility index (Phi) is 6.11. The molecule has 0 radical (unpaired) electrons. The first kappa shape index (κ1) is 21.9. The number of urea groups is 1. The summed E-state index contributed by atoms with van der Waals surface area (Å²) in [7, 11) is 0. The van der Waals surface area contributed by atoms with Gasteiger partial charge in [0.25, 0.3) is 5.91 Å². The number of anilines is 1. The number of carbonyl (C=O) groups excluding carboxylic acids is 3. The van der Waals surface area contributed by atoms with Crippen LogP contribution < -0.4 is 10.6 Å². The summed E-state index contributed by atoms with van der Waals surface area (Å²) < 4.78 is 0. The molecule has 10 nitrogen and oxygen atoms in total. The van der Waals surface area contributed by atoms with Crippen LogP contribution in [-0.2, 0) is 17.8 Å². The van der Waals surface area contributed by atoms with Crippen molar-refractivity contribution >= 4 is 34.6 Å². The molecule has 2 aromatic heterocycles. The number of hydrogen-bond acceptors (Lipinski definition) is 5. The van der Waals surface area contributed by atoms with E-state index < -0.39 is 0 Å². The fourth-order valence-corrected chi connectivity index (χ4v) is 4.58. The van der Waals surface area contributed by atoms with Crippen LogP contribution in [0.15, 0.2) is 36.7 Å². The van der Waals surface area contributed by atoms with Gasteiger partial charge in [-0.15, -0.1) is 0 Å². The normalized spacial score (nSPS) is 15.5. The van der Waals surface area contributed by atoms with Crippen LogP contribution in [0, 0.1) is 0 Å². The van der Waals surface area contributed by atoms with Gasteiger partial charge in [0.05, 0.1) is 6.20 Å². The van der Waals surface area contributed by atoms with Crippen molar-refractivity contribution in [2.75, 3.05) is 31.5 Å². The molecule has 4 amide bonds. The van der Waals surface area contributed by atoms with Crippen LogP contribution >= 0.6 is 0 Å². The van der Waals surface area contributed by atoms with Crippen molar-refractivity contribution in [3.63, 3.8) is 0 Å². The molecule has 34 heavy (non-hydrogen) atoms. The number of aromatic amines is 1. The Balaban J connectivity index is 1.15. The van der Waals surface area contributed by atoms with Crippen LogP contribution in [0.25, 0.3) is 11.0 Å². The number of H-pyrrole nitrogens is 1. The maximum absolute atomic E-state index is 12.9. The summed E-state index contributed by atoms with van der Waals surface area (Å²) in [4.78, 5) is 45.0. The molecule has 0 unspecified atom stereocenters. The number of benzene rings is 1. The van der Waals surface area contributed by atoms with Crippen LogP contribution in [0.4, 0.5) is 10.5 Å². The summed E-state index contributed by atoms with van der Waals surface area (Å²) in [5, 5.41) is 13.7. The second-order valence-corrected chi connectivity index (χ2v) is 8.67. The summed E-state index contributed by atoms with van der Waals surface area (Å²) in [6, 6.07) is 6.69. The zero-order valence-corrected chi connectivity index (χ0v) is 18.8. The number of nitrogens with one attached hydrogen (secondary N) is 3. The predicted octanol–water partition coefficient (Wildman–Crippen LogP) is 2.29. The van der Waals surface area contributed by atoms with Gasteiger partial charge >= 0.3 is 6.03 Å². The molecule has 4 heterocycles. The number of fused-ring (bicyclic) bond motifs is 3. The highest BCUT2D eigenvalue weighted by atomic mass is 16.2. The fraction of sp³-hybridized carbons (Fsp3) is 0.375. The minimum Gasteiger partial charge on any atom is -0.352 e. The Hall–Kier alpha value is -3.95. The van der Waals surface area contributed by atoms with Crippen LogP contribution in [0.2, 0.25) is 0 Å². The molecule has 2 aliphatic rings. The highest BCUT2D eigenvalue weighted by Gasteiger charge is 2.23. The lowest BCUT2D eigenvalue weighted by Gasteiger charge is -2.29. The Labute approximate surface area is 196 Å².